The van der Waals surface area contributed by atoms with Crippen molar-refractivity contribution in [1.82, 2.24) is 19.2 Å². The molecule has 3 rings (SSSR count). The summed E-state index contributed by atoms with van der Waals surface area (Å²) in [5.74, 6) is 0. The van der Waals surface area contributed by atoms with Gasteiger partial charge in [-0.3, -0.25) is 4.90 Å². The van der Waals surface area contributed by atoms with Gasteiger partial charge in [-0.1, -0.05) is 0 Å². The van der Waals surface area contributed by atoms with E-state index in [0.717, 1.165) is 25.1 Å². The number of hydrogen-bond acceptors (Lipinski definition) is 5. The van der Waals surface area contributed by atoms with Crippen molar-refractivity contribution in [2.75, 3.05) is 25.9 Å². The summed E-state index contributed by atoms with van der Waals surface area (Å²) in [6.45, 7) is 2.50. The maximum absolute atomic E-state index is 12.0. The van der Waals surface area contributed by atoms with Crippen LogP contribution in [0.3, 0.4) is 0 Å². The van der Waals surface area contributed by atoms with Gasteiger partial charge < -0.3 is 10.1 Å². The summed E-state index contributed by atoms with van der Waals surface area (Å²) in [7, 11) is -3.27. The SMILES string of the molecule is CS(=O)(=O)N1CCC[C@@]12CCN(Cc1cnc[nH]1)C[C@@H]2O. The normalized spacial score (nSPS) is 32.0. The predicted octanol–water partition coefficient (Wildman–Crippen LogP) is -0.229. The van der Waals surface area contributed by atoms with Gasteiger partial charge in [0.2, 0.25) is 10.0 Å². The number of nitrogens with zero attached hydrogens (tertiary/aromatic N) is 3. The summed E-state index contributed by atoms with van der Waals surface area (Å²) in [6, 6.07) is 0. The Morgan fingerprint density at radius 1 is 1.48 bits per heavy atom. The number of imidazole rings is 1. The molecule has 0 bridgehead atoms. The molecule has 8 heteroatoms. The molecule has 0 aliphatic carbocycles. The van der Waals surface area contributed by atoms with Gasteiger partial charge >= 0.3 is 0 Å². The Kier molecular flexibility index (Phi) is 3.81. The second-order valence-electron chi connectivity index (χ2n) is 6.12. The molecule has 0 aromatic carbocycles. The second kappa shape index (κ2) is 5.35. The Labute approximate surface area is 125 Å². The van der Waals surface area contributed by atoms with Gasteiger partial charge in [-0.2, -0.15) is 4.31 Å². The van der Waals surface area contributed by atoms with Crippen LogP contribution in [-0.2, 0) is 16.6 Å². The second-order valence-corrected chi connectivity index (χ2v) is 8.03. The van der Waals surface area contributed by atoms with E-state index in [1.54, 1.807) is 12.5 Å². The van der Waals surface area contributed by atoms with Crippen molar-refractivity contribution in [2.45, 2.75) is 37.5 Å². The molecule has 0 saturated carbocycles. The third-order valence-corrected chi connectivity index (χ3v) is 6.08. The highest BCUT2D eigenvalue weighted by atomic mass is 32.2. The Morgan fingerprint density at radius 2 is 2.29 bits per heavy atom. The molecule has 0 unspecified atom stereocenters. The molecule has 1 spiro atoms. The van der Waals surface area contributed by atoms with Crippen LogP contribution in [0.1, 0.15) is 25.0 Å². The molecule has 0 amide bonds. The van der Waals surface area contributed by atoms with Crippen LogP contribution in [0.4, 0.5) is 0 Å². The van der Waals surface area contributed by atoms with Crippen LogP contribution in [0, 0.1) is 0 Å². The van der Waals surface area contributed by atoms with Crippen LogP contribution < -0.4 is 0 Å². The number of aromatic amines is 1. The minimum atomic E-state index is -3.27. The van der Waals surface area contributed by atoms with Crippen LogP contribution >= 0.6 is 0 Å². The molecular formula is C13H22N4O3S. The highest BCUT2D eigenvalue weighted by Gasteiger charge is 2.52. The van der Waals surface area contributed by atoms with E-state index in [2.05, 4.69) is 14.9 Å². The van der Waals surface area contributed by atoms with Crippen molar-refractivity contribution >= 4 is 10.0 Å². The fourth-order valence-electron chi connectivity index (χ4n) is 3.73. The fraction of sp³-hybridized carbons (Fsp3) is 0.769. The lowest BCUT2D eigenvalue weighted by atomic mass is 9.83. The number of aromatic nitrogens is 2. The van der Waals surface area contributed by atoms with Gasteiger partial charge in [-0.05, 0) is 19.3 Å². The average molecular weight is 314 g/mol. The number of rotatable bonds is 3. The first kappa shape index (κ1) is 15.0. The molecule has 21 heavy (non-hydrogen) atoms. The number of piperidine rings is 1. The highest BCUT2D eigenvalue weighted by Crippen LogP contribution is 2.40. The molecule has 118 valence electrons. The van der Waals surface area contributed by atoms with Gasteiger partial charge in [-0.25, -0.2) is 13.4 Å². The molecular weight excluding hydrogens is 292 g/mol. The summed E-state index contributed by atoms with van der Waals surface area (Å²) in [5, 5.41) is 10.6. The van der Waals surface area contributed by atoms with Gasteiger partial charge in [-0.15, -0.1) is 0 Å². The summed E-state index contributed by atoms with van der Waals surface area (Å²) < 4.78 is 25.5. The van der Waals surface area contributed by atoms with E-state index >= 15 is 0 Å². The molecule has 2 fully saturated rings. The largest absolute Gasteiger partial charge is 0.390 e. The van der Waals surface area contributed by atoms with Gasteiger partial charge in [0.05, 0.1) is 24.2 Å². The quantitative estimate of drug-likeness (QED) is 0.804. The van der Waals surface area contributed by atoms with Crippen LogP contribution in [0.5, 0.6) is 0 Å². The van der Waals surface area contributed by atoms with E-state index in [0.29, 0.717) is 26.1 Å². The van der Waals surface area contributed by atoms with E-state index in [4.69, 9.17) is 0 Å². The van der Waals surface area contributed by atoms with Gasteiger partial charge in [0.1, 0.15) is 0 Å². The van der Waals surface area contributed by atoms with Gasteiger partial charge in [0.25, 0.3) is 0 Å². The zero-order valence-electron chi connectivity index (χ0n) is 12.2. The van der Waals surface area contributed by atoms with Crippen LogP contribution in [-0.4, -0.2) is 70.2 Å². The van der Waals surface area contributed by atoms with Gasteiger partial charge in [0, 0.05) is 38.1 Å². The van der Waals surface area contributed by atoms with E-state index < -0.39 is 21.7 Å². The van der Waals surface area contributed by atoms with Crippen molar-refractivity contribution in [3.05, 3.63) is 18.2 Å². The lowest BCUT2D eigenvalue weighted by Crippen LogP contribution is -2.62. The Morgan fingerprint density at radius 3 is 2.90 bits per heavy atom. The fourth-order valence-corrected chi connectivity index (χ4v) is 5.16. The monoisotopic (exact) mass is 314 g/mol. The zero-order valence-corrected chi connectivity index (χ0v) is 13.0. The smallest absolute Gasteiger partial charge is 0.211 e. The van der Waals surface area contributed by atoms with Gasteiger partial charge in [0.15, 0.2) is 0 Å². The summed E-state index contributed by atoms with van der Waals surface area (Å²) in [6.07, 6.45) is 6.25. The maximum atomic E-state index is 12.0. The summed E-state index contributed by atoms with van der Waals surface area (Å²) in [4.78, 5) is 9.18. The number of likely N-dealkylation sites (tertiary alicyclic amines) is 1. The van der Waals surface area contributed by atoms with E-state index in [9.17, 15) is 13.5 Å². The van der Waals surface area contributed by atoms with Crippen LogP contribution in [0.15, 0.2) is 12.5 Å². The van der Waals surface area contributed by atoms with Crippen LogP contribution in [0.25, 0.3) is 0 Å². The minimum absolute atomic E-state index is 0.491. The lowest BCUT2D eigenvalue weighted by Gasteiger charge is -2.47. The number of H-pyrrole nitrogens is 1. The first-order valence-electron chi connectivity index (χ1n) is 7.27. The summed E-state index contributed by atoms with van der Waals surface area (Å²) >= 11 is 0. The molecule has 0 radical (unpaired) electrons. The number of hydrogen-bond donors (Lipinski definition) is 2. The number of nitrogens with one attached hydrogen (secondary N) is 1. The molecule has 2 saturated heterocycles. The third kappa shape index (κ3) is 2.73. The van der Waals surface area contributed by atoms with Crippen molar-refractivity contribution < 1.29 is 13.5 Å². The van der Waals surface area contributed by atoms with Crippen molar-refractivity contribution in [1.29, 1.82) is 0 Å². The maximum Gasteiger partial charge on any atom is 0.211 e. The lowest BCUT2D eigenvalue weighted by molar-refractivity contribution is -0.0382. The number of aliphatic hydroxyl groups excluding tert-OH is 1. The van der Waals surface area contributed by atoms with E-state index in [1.165, 1.54) is 10.6 Å². The topological polar surface area (TPSA) is 89.5 Å². The van der Waals surface area contributed by atoms with Crippen molar-refractivity contribution in [3.8, 4) is 0 Å². The molecule has 1 aromatic heterocycles. The number of aliphatic hydroxyl groups is 1. The number of β-amino-alcohol motifs (C(OH)–C–C–N with tert-alkyl or cyclic N) is 1. The molecule has 2 atom stereocenters. The Bertz CT molecular complexity index is 589. The molecule has 2 aliphatic rings. The van der Waals surface area contributed by atoms with E-state index in [1.807, 2.05) is 0 Å². The highest BCUT2D eigenvalue weighted by molar-refractivity contribution is 7.88. The van der Waals surface area contributed by atoms with E-state index in [-0.39, 0.29) is 0 Å². The minimum Gasteiger partial charge on any atom is -0.390 e. The zero-order chi connectivity index (χ0) is 15.1. The Balaban J connectivity index is 1.73. The molecule has 2 N–H and O–H groups in total. The summed E-state index contributed by atoms with van der Waals surface area (Å²) in [5.41, 5.74) is 0.405. The molecule has 3 heterocycles. The first-order valence-corrected chi connectivity index (χ1v) is 9.12. The molecule has 1 aromatic rings. The standard InChI is InChI=1S/C13H22N4O3S/c1-21(19,20)17-5-2-3-13(17)4-6-16(9-12(13)18)8-11-7-14-10-15-11/h7,10,12,18H,2-6,8-9H2,1H3,(H,14,15)/t12-,13-/m0/s1. The van der Waals surface area contributed by atoms with Crippen LogP contribution in [0.2, 0.25) is 0 Å². The van der Waals surface area contributed by atoms with Crippen molar-refractivity contribution in [3.63, 3.8) is 0 Å². The average Bonchev–Trinajstić information content (AvgIpc) is 3.03. The predicted molar refractivity (Wildman–Crippen MR) is 78.0 cm³/mol. The molecule has 2 aliphatic heterocycles. The first-order chi connectivity index (χ1) is 9.92. The van der Waals surface area contributed by atoms with Crippen molar-refractivity contribution in [2.24, 2.45) is 0 Å². The number of sulfonamides is 1. The Hall–Kier alpha value is -0.960. The molecule has 7 nitrogen and oxygen atoms in total. The third-order valence-electron chi connectivity index (χ3n) is 4.73.